The third-order valence-corrected chi connectivity index (χ3v) is 3.62. The average Bonchev–Trinajstić information content (AvgIpc) is 2.95. The van der Waals surface area contributed by atoms with E-state index in [0.717, 1.165) is 16.9 Å². The Hall–Kier alpha value is -2.54. The first kappa shape index (κ1) is 14.9. The number of benzene rings is 1. The molecule has 0 aliphatic rings. The van der Waals surface area contributed by atoms with Gasteiger partial charge in [0.2, 0.25) is 5.78 Å². The van der Waals surface area contributed by atoms with Crippen LogP contribution in [0.4, 0.5) is 5.13 Å². The smallest absolute Gasteiger partial charge is 0.372 e. The van der Waals surface area contributed by atoms with Gasteiger partial charge in [0.25, 0.3) is 0 Å². The molecule has 0 atom stereocenters. The molecule has 2 N–H and O–H groups in total. The number of aromatic nitrogens is 1. The van der Waals surface area contributed by atoms with Crippen molar-refractivity contribution >= 4 is 34.0 Å². The van der Waals surface area contributed by atoms with Gasteiger partial charge in [-0.2, -0.15) is 0 Å². The summed E-state index contributed by atoms with van der Waals surface area (Å²) in [4.78, 5) is 37.4. The van der Waals surface area contributed by atoms with Gasteiger partial charge < -0.3 is 10.4 Å². The van der Waals surface area contributed by atoms with Crippen molar-refractivity contribution in [3.63, 3.8) is 0 Å². The lowest BCUT2D eigenvalue weighted by Gasteiger charge is -2.01. The molecule has 2 aromatic rings. The zero-order chi connectivity index (χ0) is 15.2. The first-order valence-corrected chi connectivity index (χ1v) is 6.91. The van der Waals surface area contributed by atoms with Crippen LogP contribution in [0.1, 0.15) is 21.7 Å². The van der Waals surface area contributed by atoms with Crippen molar-refractivity contribution in [2.75, 3.05) is 5.32 Å². The molecule has 0 saturated carbocycles. The lowest BCUT2D eigenvalue weighted by molar-refractivity contribution is -0.148. The fourth-order valence-electron chi connectivity index (χ4n) is 1.57. The lowest BCUT2D eigenvalue weighted by atomic mass is 10.2. The van der Waals surface area contributed by atoms with Gasteiger partial charge in [-0.05, 0) is 5.56 Å². The molecule has 0 bridgehead atoms. The van der Waals surface area contributed by atoms with Crippen molar-refractivity contribution in [1.29, 1.82) is 0 Å². The van der Waals surface area contributed by atoms with E-state index in [9.17, 15) is 14.4 Å². The van der Waals surface area contributed by atoms with Crippen molar-refractivity contribution in [2.45, 2.75) is 13.0 Å². The van der Waals surface area contributed by atoms with Crippen LogP contribution in [0.5, 0.6) is 0 Å². The van der Waals surface area contributed by atoms with E-state index in [1.54, 1.807) is 0 Å². The number of carbonyl (C=O) groups is 3. The third-order valence-electron chi connectivity index (χ3n) is 2.63. The number of carboxylic acid groups (broad SMARTS) is 1. The van der Waals surface area contributed by atoms with E-state index >= 15 is 0 Å². The molecule has 7 heteroatoms. The molecule has 0 aliphatic heterocycles. The summed E-state index contributed by atoms with van der Waals surface area (Å²) in [7, 11) is 0. The molecule has 0 unspecified atom stereocenters. The maximum Gasteiger partial charge on any atom is 0.372 e. The molecule has 0 fully saturated rings. The minimum absolute atomic E-state index is 0.264. The molecule has 1 aromatic heterocycles. The van der Waals surface area contributed by atoms with E-state index in [4.69, 9.17) is 5.11 Å². The van der Waals surface area contributed by atoms with E-state index in [1.807, 2.05) is 30.3 Å². The van der Waals surface area contributed by atoms with Gasteiger partial charge in [-0.3, -0.25) is 9.59 Å². The summed E-state index contributed by atoms with van der Waals surface area (Å²) in [6, 6.07) is 9.68. The molecule has 0 saturated heterocycles. The fraction of sp³-hybridized carbons (Fsp3) is 0.143. The number of nitrogens with zero attached hydrogens (tertiary/aromatic N) is 1. The van der Waals surface area contributed by atoms with Crippen LogP contribution in [0.15, 0.2) is 36.5 Å². The molecule has 0 aliphatic carbocycles. The highest BCUT2D eigenvalue weighted by Gasteiger charge is 2.19. The molecule has 2 rings (SSSR count). The van der Waals surface area contributed by atoms with Crippen LogP contribution in [0.3, 0.4) is 0 Å². The summed E-state index contributed by atoms with van der Waals surface area (Å²) in [5.74, 6) is -3.25. The topological polar surface area (TPSA) is 96.4 Å². The highest BCUT2D eigenvalue weighted by molar-refractivity contribution is 7.17. The molecule has 1 aromatic carbocycles. The van der Waals surface area contributed by atoms with Gasteiger partial charge in [0, 0.05) is 6.54 Å². The van der Waals surface area contributed by atoms with Gasteiger partial charge in [0.15, 0.2) is 10.9 Å². The third kappa shape index (κ3) is 4.22. The summed E-state index contributed by atoms with van der Waals surface area (Å²) in [5, 5.41) is 12.1. The maximum absolute atomic E-state index is 11.7. The van der Waals surface area contributed by atoms with Gasteiger partial charge in [-0.25, -0.2) is 9.78 Å². The van der Waals surface area contributed by atoms with Crippen molar-refractivity contribution in [3.8, 4) is 0 Å². The van der Waals surface area contributed by atoms with Crippen LogP contribution in [0, 0.1) is 0 Å². The minimum Gasteiger partial charge on any atom is -0.475 e. The van der Waals surface area contributed by atoms with Crippen molar-refractivity contribution in [3.05, 3.63) is 47.0 Å². The molecular formula is C14H12N2O4S. The first-order valence-electron chi connectivity index (χ1n) is 6.09. The van der Waals surface area contributed by atoms with Crippen LogP contribution in [0.25, 0.3) is 0 Å². The van der Waals surface area contributed by atoms with E-state index < -0.39 is 24.0 Å². The van der Waals surface area contributed by atoms with Gasteiger partial charge in [-0.1, -0.05) is 41.7 Å². The molecule has 21 heavy (non-hydrogen) atoms. The van der Waals surface area contributed by atoms with Crippen LogP contribution >= 0.6 is 11.3 Å². The second-order valence-corrected chi connectivity index (χ2v) is 5.23. The summed E-state index contributed by atoms with van der Waals surface area (Å²) < 4.78 is 0. The number of carbonyl (C=O) groups excluding carboxylic acids is 2. The largest absolute Gasteiger partial charge is 0.475 e. The Morgan fingerprint density at radius 3 is 2.57 bits per heavy atom. The number of rotatable bonds is 7. The van der Waals surface area contributed by atoms with Gasteiger partial charge in [-0.15, -0.1) is 0 Å². The second kappa shape index (κ2) is 6.76. The maximum atomic E-state index is 11.7. The monoisotopic (exact) mass is 304 g/mol. The van der Waals surface area contributed by atoms with Crippen molar-refractivity contribution in [1.82, 2.24) is 4.98 Å². The number of Topliss-reactive ketones (excluding diaryl/α,β-unsaturated/α-hetero) is 2. The Labute approximate surface area is 124 Å². The number of ketones is 2. The Morgan fingerprint density at radius 2 is 1.90 bits per heavy atom. The molecule has 6 nitrogen and oxygen atoms in total. The minimum atomic E-state index is -1.60. The van der Waals surface area contributed by atoms with Gasteiger partial charge >= 0.3 is 5.97 Å². The van der Waals surface area contributed by atoms with Crippen molar-refractivity contribution < 1.29 is 19.5 Å². The van der Waals surface area contributed by atoms with Crippen LogP contribution in [-0.4, -0.2) is 27.6 Å². The highest BCUT2D eigenvalue weighted by atomic mass is 32.1. The summed E-state index contributed by atoms with van der Waals surface area (Å²) in [6.45, 7) is 0.566. The Morgan fingerprint density at radius 1 is 1.19 bits per heavy atom. The Kier molecular flexibility index (Phi) is 4.78. The second-order valence-electron chi connectivity index (χ2n) is 4.20. The number of nitrogens with one attached hydrogen (secondary N) is 1. The van der Waals surface area contributed by atoms with E-state index in [2.05, 4.69) is 10.3 Å². The summed E-state index contributed by atoms with van der Waals surface area (Å²) in [5.41, 5.74) is 1.07. The van der Waals surface area contributed by atoms with Crippen LogP contribution in [-0.2, 0) is 16.1 Å². The van der Waals surface area contributed by atoms with E-state index in [-0.39, 0.29) is 4.88 Å². The molecular weight excluding hydrogens is 292 g/mol. The zero-order valence-electron chi connectivity index (χ0n) is 10.9. The molecule has 1 heterocycles. The van der Waals surface area contributed by atoms with E-state index in [0.29, 0.717) is 11.7 Å². The van der Waals surface area contributed by atoms with Crippen LogP contribution < -0.4 is 5.32 Å². The Bertz CT molecular complexity index is 667. The summed E-state index contributed by atoms with van der Waals surface area (Å²) in [6.07, 6.45) is 0.700. The number of anilines is 1. The number of carboxylic acids is 1. The lowest BCUT2D eigenvalue weighted by Crippen LogP contribution is -2.16. The molecule has 0 radical (unpaired) electrons. The first-order chi connectivity index (χ1) is 10.1. The SMILES string of the molecule is O=C(O)C(=O)CC(=O)c1cnc(NCc2ccccc2)s1. The van der Waals surface area contributed by atoms with Crippen LogP contribution in [0.2, 0.25) is 0 Å². The average molecular weight is 304 g/mol. The van der Waals surface area contributed by atoms with Gasteiger partial charge in [0.05, 0.1) is 17.5 Å². The number of hydrogen-bond acceptors (Lipinski definition) is 6. The van der Waals surface area contributed by atoms with Crippen molar-refractivity contribution in [2.24, 2.45) is 0 Å². The standard InChI is InChI=1S/C14H12N2O4S/c17-10(6-11(18)13(19)20)12-8-16-14(21-12)15-7-9-4-2-1-3-5-9/h1-5,8H,6-7H2,(H,15,16)(H,19,20). The predicted molar refractivity (Wildman–Crippen MR) is 77.5 cm³/mol. The number of hydrogen-bond donors (Lipinski definition) is 2. The molecule has 0 spiro atoms. The van der Waals surface area contributed by atoms with E-state index in [1.165, 1.54) is 6.20 Å². The number of aliphatic carboxylic acids is 1. The molecule has 0 amide bonds. The quantitative estimate of drug-likeness (QED) is 0.461. The normalized spacial score (nSPS) is 10.1. The highest BCUT2D eigenvalue weighted by Crippen LogP contribution is 2.20. The summed E-state index contributed by atoms with van der Waals surface area (Å²) >= 11 is 1.10. The fourth-order valence-corrected chi connectivity index (χ4v) is 2.32. The molecule has 108 valence electrons. The number of thiazole rings is 1. The van der Waals surface area contributed by atoms with Gasteiger partial charge in [0.1, 0.15) is 0 Å². The Balaban J connectivity index is 1.93. The predicted octanol–water partition coefficient (Wildman–Crippen LogP) is 1.98. The zero-order valence-corrected chi connectivity index (χ0v) is 11.7.